The monoisotopic (exact) mass is 651 g/mol. The number of rotatable bonds is 8. The Morgan fingerprint density at radius 2 is 1.67 bits per heavy atom. The number of piperidine rings is 1. The molecule has 3 N–H and O–H groups in total. The van der Waals surface area contributed by atoms with Gasteiger partial charge in [0.15, 0.2) is 0 Å². The van der Waals surface area contributed by atoms with Gasteiger partial charge in [0.2, 0.25) is 11.8 Å². The number of nitrogens with zero attached hydrogens (tertiary/aromatic N) is 2. The first-order chi connectivity index (χ1) is 23.3. The summed E-state index contributed by atoms with van der Waals surface area (Å²) in [4.78, 5) is 61.5. The Balaban J connectivity index is 0.997. The van der Waals surface area contributed by atoms with Crippen molar-refractivity contribution in [2.75, 3.05) is 6.54 Å². The molecule has 0 spiro atoms. The van der Waals surface area contributed by atoms with Gasteiger partial charge in [0.1, 0.15) is 12.1 Å². The van der Waals surface area contributed by atoms with E-state index in [1.807, 2.05) is 67.7 Å². The second kappa shape index (κ2) is 12.6. The highest BCUT2D eigenvalue weighted by Crippen LogP contribution is 2.54. The first kappa shape index (κ1) is 31.0. The summed E-state index contributed by atoms with van der Waals surface area (Å²) in [5.74, 6) is 1.26. The highest BCUT2D eigenvalue weighted by Gasteiger charge is 2.51. The van der Waals surface area contributed by atoms with Gasteiger partial charge in [-0.25, -0.2) is 9.59 Å². The van der Waals surface area contributed by atoms with Crippen molar-refractivity contribution in [3.05, 3.63) is 71.9 Å². The highest BCUT2D eigenvalue weighted by molar-refractivity contribution is 5.99. The Labute approximate surface area is 280 Å². The number of nitrogens with one attached hydrogen (secondary N) is 3. The maximum Gasteiger partial charge on any atom is 0.408 e. The fraction of sp³-hybridized carbons (Fsp3) is 0.526. The van der Waals surface area contributed by atoms with Crippen LogP contribution in [0.4, 0.5) is 9.59 Å². The molecule has 6 fully saturated rings. The normalized spacial score (nSPS) is 31.4. The first-order valence-corrected chi connectivity index (χ1v) is 17.8. The number of amides is 5. The number of benzene rings is 2. The molecule has 252 valence electrons. The van der Waals surface area contributed by atoms with Gasteiger partial charge in [-0.3, -0.25) is 14.5 Å². The molecule has 2 aromatic carbocycles. The molecule has 2 aliphatic heterocycles. The summed E-state index contributed by atoms with van der Waals surface area (Å²) >= 11 is 0. The van der Waals surface area contributed by atoms with Crippen LogP contribution in [0.15, 0.2) is 60.8 Å². The zero-order valence-corrected chi connectivity index (χ0v) is 27.5. The SMILES string of the molecule is C[C@@H]1C(=O)N(Cc2ccccc2)C(=O)N2CCC[C@H](NC(=O)[C@H](Cc3c[nH]c4ccccc34)NC(=O)OC3C4CC5CC(C4)CC3C5)[C@@H]12. The van der Waals surface area contributed by atoms with E-state index in [2.05, 4.69) is 15.6 Å². The third-order valence-electron chi connectivity index (χ3n) is 11.9. The molecule has 6 aliphatic rings. The van der Waals surface area contributed by atoms with Gasteiger partial charge < -0.3 is 25.3 Å². The van der Waals surface area contributed by atoms with Crippen molar-refractivity contribution < 1.29 is 23.9 Å². The highest BCUT2D eigenvalue weighted by atomic mass is 16.6. The maximum atomic E-state index is 14.2. The molecule has 10 nitrogen and oxygen atoms in total. The fourth-order valence-electron chi connectivity index (χ4n) is 9.95. The number of alkyl carbamates (subject to hydrolysis) is 1. The van der Waals surface area contributed by atoms with Crippen LogP contribution in [0, 0.1) is 29.6 Å². The van der Waals surface area contributed by atoms with Gasteiger partial charge in [-0.1, -0.05) is 55.5 Å². The number of fused-ring (bicyclic) bond motifs is 2. The molecular formula is C38H45N5O5. The summed E-state index contributed by atoms with van der Waals surface area (Å²) in [6.07, 6.45) is 8.67. The number of para-hydroxylation sites is 1. The van der Waals surface area contributed by atoms with Crippen molar-refractivity contribution in [3.63, 3.8) is 0 Å². The van der Waals surface area contributed by atoms with Crippen molar-refractivity contribution in [2.45, 2.75) is 89.1 Å². The topological polar surface area (TPSA) is 124 Å². The van der Waals surface area contributed by atoms with E-state index in [0.717, 1.165) is 59.5 Å². The number of aromatic amines is 1. The number of carbonyl (C=O) groups is 4. The standard InChI is InChI=1S/C38H45N5O5/c1-22-33-31(12-7-13-42(33)38(47)43(36(22)45)21-23-8-3-2-4-9-23)40-35(44)32(19-28-20-39-30-11-6-5-10-29(28)30)41-37(46)48-34-26-15-24-14-25(17-26)18-27(34)16-24/h2-6,8-11,20,22,24-27,31-34,39H,7,12-19,21H2,1H3,(H,40,44)(H,41,46)/t22-,24?,25?,26?,27?,31-,32-,33+,34?/m0/s1. The van der Waals surface area contributed by atoms with Gasteiger partial charge in [0, 0.05) is 30.1 Å². The quantitative estimate of drug-likeness (QED) is 0.302. The molecule has 2 saturated heterocycles. The number of ether oxygens (including phenoxy) is 1. The van der Waals surface area contributed by atoms with Crippen LogP contribution in [0.3, 0.4) is 0 Å². The van der Waals surface area contributed by atoms with Gasteiger partial charge in [-0.05, 0) is 85.8 Å². The van der Waals surface area contributed by atoms with Crippen LogP contribution in [-0.4, -0.2) is 69.5 Å². The van der Waals surface area contributed by atoms with Crippen molar-refractivity contribution in [2.24, 2.45) is 29.6 Å². The minimum absolute atomic E-state index is 0.0968. The van der Waals surface area contributed by atoms with Gasteiger partial charge in [-0.15, -0.1) is 0 Å². The van der Waals surface area contributed by atoms with E-state index in [-0.39, 0.29) is 36.9 Å². The molecule has 1 aromatic heterocycles. The average molecular weight is 652 g/mol. The predicted molar refractivity (Wildman–Crippen MR) is 179 cm³/mol. The van der Waals surface area contributed by atoms with E-state index in [0.29, 0.717) is 31.2 Å². The Morgan fingerprint density at radius 3 is 2.42 bits per heavy atom. The summed E-state index contributed by atoms with van der Waals surface area (Å²) in [7, 11) is 0. The fourth-order valence-corrected chi connectivity index (χ4v) is 9.95. The minimum atomic E-state index is -0.899. The number of hydrogen-bond donors (Lipinski definition) is 3. The molecule has 3 aromatic rings. The van der Waals surface area contributed by atoms with Crippen LogP contribution < -0.4 is 10.6 Å². The lowest BCUT2D eigenvalue weighted by Crippen LogP contribution is -2.69. The van der Waals surface area contributed by atoms with E-state index < -0.39 is 30.1 Å². The van der Waals surface area contributed by atoms with Crippen LogP contribution in [0.2, 0.25) is 0 Å². The van der Waals surface area contributed by atoms with Gasteiger partial charge >= 0.3 is 12.1 Å². The zero-order valence-electron chi connectivity index (χ0n) is 27.5. The number of urea groups is 1. The summed E-state index contributed by atoms with van der Waals surface area (Å²) in [5.41, 5.74) is 2.76. The van der Waals surface area contributed by atoms with Crippen LogP contribution in [-0.2, 0) is 27.3 Å². The number of imide groups is 1. The Kier molecular flexibility index (Phi) is 8.13. The molecule has 4 saturated carbocycles. The van der Waals surface area contributed by atoms with Crippen molar-refractivity contribution in [1.29, 1.82) is 0 Å². The molecule has 10 heteroatoms. The lowest BCUT2D eigenvalue weighted by atomic mass is 9.55. The third-order valence-corrected chi connectivity index (χ3v) is 11.9. The van der Waals surface area contributed by atoms with Crippen LogP contribution in [0.5, 0.6) is 0 Å². The summed E-state index contributed by atoms with van der Waals surface area (Å²) in [5, 5.41) is 7.14. The van der Waals surface area contributed by atoms with E-state index in [9.17, 15) is 19.2 Å². The Morgan fingerprint density at radius 1 is 0.958 bits per heavy atom. The number of carbonyl (C=O) groups excluding carboxylic acids is 4. The molecule has 9 rings (SSSR count). The molecule has 5 amide bonds. The predicted octanol–water partition coefficient (Wildman–Crippen LogP) is 5.38. The Bertz CT molecular complexity index is 1680. The molecule has 4 atom stereocenters. The molecule has 48 heavy (non-hydrogen) atoms. The van der Waals surface area contributed by atoms with Crippen LogP contribution >= 0.6 is 0 Å². The second-order valence-electron chi connectivity index (χ2n) is 15.0. The summed E-state index contributed by atoms with van der Waals surface area (Å²) in [6.45, 7) is 2.58. The lowest BCUT2D eigenvalue weighted by Gasteiger charge is -2.53. The molecule has 0 radical (unpaired) electrons. The van der Waals surface area contributed by atoms with E-state index >= 15 is 0 Å². The second-order valence-corrected chi connectivity index (χ2v) is 15.0. The van der Waals surface area contributed by atoms with E-state index in [4.69, 9.17) is 4.74 Å². The average Bonchev–Trinajstić information content (AvgIpc) is 3.49. The zero-order chi connectivity index (χ0) is 32.9. The third kappa shape index (κ3) is 5.73. The van der Waals surface area contributed by atoms with Crippen LogP contribution in [0.25, 0.3) is 10.9 Å². The van der Waals surface area contributed by atoms with Gasteiger partial charge in [-0.2, -0.15) is 0 Å². The van der Waals surface area contributed by atoms with E-state index in [1.54, 1.807) is 4.90 Å². The molecule has 3 heterocycles. The smallest absolute Gasteiger partial charge is 0.408 e. The summed E-state index contributed by atoms with van der Waals surface area (Å²) in [6, 6.07) is 15.3. The van der Waals surface area contributed by atoms with Crippen molar-refractivity contribution >= 4 is 34.8 Å². The number of hydrogen-bond acceptors (Lipinski definition) is 5. The van der Waals surface area contributed by atoms with Crippen molar-refractivity contribution in [1.82, 2.24) is 25.4 Å². The largest absolute Gasteiger partial charge is 0.446 e. The first-order valence-electron chi connectivity index (χ1n) is 17.8. The Hall–Kier alpha value is -4.34. The van der Waals surface area contributed by atoms with E-state index in [1.165, 1.54) is 11.3 Å². The van der Waals surface area contributed by atoms with Crippen LogP contribution in [0.1, 0.15) is 63.0 Å². The maximum absolute atomic E-state index is 14.2. The van der Waals surface area contributed by atoms with Gasteiger partial charge in [0.25, 0.3) is 0 Å². The minimum Gasteiger partial charge on any atom is -0.446 e. The summed E-state index contributed by atoms with van der Waals surface area (Å²) < 4.78 is 6.16. The molecular weight excluding hydrogens is 606 g/mol. The lowest BCUT2D eigenvalue weighted by molar-refractivity contribution is -0.141. The number of aromatic nitrogens is 1. The number of H-pyrrole nitrogens is 1. The van der Waals surface area contributed by atoms with Gasteiger partial charge in [0.05, 0.1) is 24.5 Å². The molecule has 4 aliphatic carbocycles. The molecule has 0 unspecified atom stereocenters. The molecule has 4 bridgehead atoms. The van der Waals surface area contributed by atoms with Crippen molar-refractivity contribution in [3.8, 4) is 0 Å².